The topological polar surface area (TPSA) is 61.4 Å². The van der Waals surface area contributed by atoms with Gasteiger partial charge in [-0.1, -0.05) is 13.8 Å². The van der Waals surface area contributed by atoms with Crippen LogP contribution in [-0.4, -0.2) is 31.4 Å². The molecule has 1 saturated heterocycles. The van der Waals surface area contributed by atoms with Gasteiger partial charge in [0.25, 0.3) is 0 Å². The zero-order valence-corrected chi connectivity index (χ0v) is 17.4. The maximum atomic E-state index is 12.6. The quantitative estimate of drug-likeness (QED) is 0.740. The van der Waals surface area contributed by atoms with Crippen LogP contribution < -0.4 is 15.5 Å². The largest absolute Gasteiger partial charge is 0.372 e. The highest BCUT2D eigenvalue weighted by molar-refractivity contribution is 5.93. The van der Waals surface area contributed by atoms with Gasteiger partial charge in [-0.2, -0.15) is 0 Å². The third-order valence-electron chi connectivity index (χ3n) is 6.10. The number of carbonyl (C=O) groups is 2. The van der Waals surface area contributed by atoms with Gasteiger partial charge in [-0.3, -0.25) is 9.59 Å². The second-order valence-corrected chi connectivity index (χ2v) is 8.75. The number of anilines is 2. The minimum atomic E-state index is 0.0120. The molecule has 1 aliphatic carbocycles. The van der Waals surface area contributed by atoms with E-state index in [1.54, 1.807) is 0 Å². The molecular weight excluding hydrogens is 350 g/mol. The van der Waals surface area contributed by atoms with E-state index in [4.69, 9.17) is 0 Å². The van der Waals surface area contributed by atoms with Gasteiger partial charge in [0.1, 0.15) is 0 Å². The van der Waals surface area contributed by atoms with Crippen LogP contribution in [0.15, 0.2) is 24.3 Å². The predicted octanol–water partition coefficient (Wildman–Crippen LogP) is 4.19. The van der Waals surface area contributed by atoms with E-state index in [1.807, 2.05) is 12.1 Å². The molecule has 3 rings (SSSR count). The highest BCUT2D eigenvalue weighted by Gasteiger charge is 2.29. The van der Waals surface area contributed by atoms with Crippen LogP contribution in [0.2, 0.25) is 0 Å². The summed E-state index contributed by atoms with van der Waals surface area (Å²) in [7, 11) is 0. The molecule has 2 amide bonds. The maximum absolute atomic E-state index is 12.6. The van der Waals surface area contributed by atoms with Crippen molar-refractivity contribution in [2.45, 2.75) is 58.8 Å². The highest BCUT2D eigenvalue weighted by Crippen LogP contribution is 2.30. The second kappa shape index (κ2) is 9.94. The Kier molecular flexibility index (Phi) is 7.35. The summed E-state index contributed by atoms with van der Waals surface area (Å²) in [5, 5.41) is 6.11. The number of benzene rings is 1. The highest BCUT2D eigenvalue weighted by atomic mass is 16.2. The lowest BCUT2D eigenvalue weighted by Crippen LogP contribution is -2.36. The number of nitrogens with one attached hydrogen (secondary N) is 2. The summed E-state index contributed by atoms with van der Waals surface area (Å²) >= 11 is 0. The van der Waals surface area contributed by atoms with Gasteiger partial charge in [-0.25, -0.2) is 0 Å². The molecule has 28 heavy (non-hydrogen) atoms. The Balaban J connectivity index is 1.41. The first-order valence-electron chi connectivity index (χ1n) is 11.0. The molecule has 1 aliphatic heterocycles. The Hall–Kier alpha value is -2.04. The summed E-state index contributed by atoms with van der Waals surface area (Å²) in [6.07, 6.45) is 6.73. The molecule has 2 N–H and O–H groups in total. The van der Waals surface area contributed by atoms with Crippen molar-refractivity contribution in [3.63, 3.8) is 0 Å². The average molecular weight is 386 g/mol. The van der Waals surface area contributed by atoms with E-state index in [1.165, 1.54) is 18.5 Å². The average Bonchev–Trinajstić information content (AvgIpc) is 3.23. The van der Waals surface area contributed by atoms with E-state index in [2.05, 4.69) is 41.5 Å². The molecule has 5 heteroatoms. The normalized spacial score (nSPS) is 22.3. The fourth-order valence-corrected chi connectivity index (χ4v) is 4.22. The van der Waals surface area contributed by atoms with Crippen molar-refractivity contribution < 1.29 is 9.59 Å². The van der Waals surface area contributed by atoms with Crippen molar-refractivity contribution in [1.29, 1.82) is 0 Å². The Labute approximate surface area is 169 Å². The molecule has 2 fully saturated rings. The van der Waals surface area contributed by atoms with Crippen LogP contribution in [0.1, 0.15) is 58.8 Å². The van der Waals surface area contributed by atoms with Gasteiger partial charge in [0.15, 0.2) is 0 Å². The molecule has 5 nitrogen and oxygen atoms in total. The number of hydrogen-bond acceptors (Lipinski definition) is 3. The third kappa shape index (κ3) is 5.73. The van der Waals surface area contributed by atoms with Crippen molar-refractivity contribution >= 4 is 23.2 Å². The van der Waals surface area contributed by atoms with Crippen molar-refractivity contribution in [1.82, 2.24) is 5.32 Å². The van der Waals surface area contributed by atoms with Gasteiger partial charge in [0, 0.05) is 42.8 Å². The molecule has 1 aromatic rings. The minimum Gasteiger partial charge on any atom is -0.372 e. The molecule has 2 aliphatic rings. The maximum Gasteiger partial charge on any atom is 0.227 e. The molecule has 154 valence electrons. The summed E-state index contributed by atoms with van der Waals surface area (Å²) in [6, 6.07) is 8.19. The predicted molar refractivity (Wildman–Crippen MR) is 114 cm³/mol. The summed E-state index contributed by atoms with van der Waals surface area (Å²) in [5.74, 6) is 0.933. The molecule has 0 radical (unpaired) electrons. The number of amides is 2. The van der Waals surface area contributed by atoms with E-state index in [-0.39, 0.29) is 23.7 Å². The van der Waals surface area contributed by atoms with Crippen LogP contribution in [0.3, 0.4) is 0 Å². The first-order valence-corrected chi connectivity index (χ1v) is 11.0. The summed E-state index contributed by atoms with van der Waals surface area (Å²) in [5.41, 5.74) is 2.10. The van der Waals surface area contributed by atoms with Gasteiger partial charge < -0.3 is 15.5 Å². The zero-order valence-electron chi connectivity index (χ0n) is 17.4. The number of nitrogens with zero attached hydrogens (tertiary/aromatic N) is 1. The van der Waals surface area contributed by atoms with E-state index >= 15 is 0 Å². The molecule has 0 atom stereocenters. The summed E-state index contributed by atoms with van der Waals surface area (Å²) in [6.45, 7) is 7.33. The molecule has 1 aromatic carbocycles. The van der Waals surface area contributed by atoms with Gasteiger partial charge >= 0.3 is 0 Å². The molecular formula is C23H35N3O2. The molecule has 1 heterocycles. The molecule has 0 aromatic heterocycles. The summed E-state index contributed by atoms with van der Waals surface area (Å²) < 4.78 is 0. The fraction of sp³-hybridized carbons (Fsp3) is 0.652. The van der Waals surface area contributed by atoms with E-state index in [9.17, 15) is 9.59 Å². The second-order valence-electron chi connectivity index (χ2n) is 8.75. The van der Waals surface area contributed by atoms with E-state index in [0.29, 0.717) is 5.92 Å². The lowest BCUT2D eigenvalue weighted by molar-refractivity contribution is -0.128. The number of rotatable bonds is 7. The third-order valence-corrected chi connectivity index (χ3v) is 6.10. The van der Waals surface area contributed by atoms with Crippen LogP contribution >= 0.6 is 0 Å². The van der Waals surface area contributed by atoms with Gasteiger partial charge in [-0.05, 0) is 75.1 Å². The van der Waals surface area contributed by atoms with Gasteiger partial charge in [0.05, 0.1) is 0 Å². The fourth-order valence-electron chi connectivity index (χ4n) is 4.22. The van der Waals surface area contributed by atoms with Crippen LogP contribution in [0.4, 0.5) is 11.4 Å². The van der Waals surface area contributed by atoms with Gasteiger partial charge in [0.2, 0.25) is 11.8 Å². The zero-order chi connectivity index (χ0) is 19.9. The van der Waals surface area contributed by atoms with Crippen LogP contribution in [0.25, 0.3) is 0 Å². The van der Waals surface area contributed by atoms with Crippen LogP contribution in [0, 0.1) is 17.8 Å². The lowest BCUT2D eigenvalue weighted by Gasteiger charge is -2.27. The molecule has 0 bridgehead atoms. The number of carbonyl (C=O) groups excluding carboxylic acids is 2. The van der Waals surface area contributed by atoms with E-state index in [0.717, 1.165) is 57.4 Å². The van der Waals surface area contributed by atoms with Crippen molar-refractivity contribution in [2.24, 2.45) is 17.8 Å². The van der Waals surface area contributed by atoms with Gasteiger partial charge in [-0.15, -0.1) is 0 Å². The molecule has 1 saturated carbocycles. The Morgan fingerprint density at radius 3 is 2.11 bits per heavy atom. The standard InChI is InChI=1S/C23H35N3O2/c1-17(2)13-14-24-22(27)18-5-7-19(8-6-18)23(28)25-20-9-11-21(12-10-20)26-15-3-4-16-26/h9-12,17-19H,3-8,13-16H2,1-2H3,(H,24,27)(H,25,28). The Morgan fingerprint density at radius 1 is 0.964 bits per heavy atom. The first kappa shape index (κ1) is 20.7. The Bertz CT molecular complexity index is 642. The minimum absolute atomic E-state index is 0.0120. The molecule has 0 spiro atoms. The smallest absolute Gasteiger partial charge is 0.227 e. The molecule has 0 unspecified atom stereocenters. The lowest BCUT2D eigenvalue weighted by atomic mass is 9.81. The van der Waals surface area contributed by atoms with Crippen molar-refractivity contribution in [2.75, 3.05) is 29.9 Å². The monoisotopic (exact) mass is 385 g/mol. The SMILES string of the molecule is CC(C)CCNC(=O)C1CCC(C(=O)Nc2ccc(N3CCCC3)cc2)CC1. The van der Waals surface area contributed by atoms with Crippen LogP contribution in [0.5, 0.6) is 0 Å². The van der Waals surface area contributed by atoms with Crippen molar-refractivity contribution in [3.8, 4) is 0 Å². The van der Waals surface area contributed by atoms with Crippen molar-refractivity contribution in [3.05, 3.63) is 24.3 Å². The first-order chi connectivity index (χ1) is 13.5. The van der Waals surface area contributed by atoms with Crippen LogP contribution in [-0.2, 0) is 9.59 Å². The van der Waals surface area contributed by atoms with E-state index < -0.39 is 0 Å². The Morgan fingerprint density at radius 2 is 1.54 bits per heavy atom. The number of hydrogen-bond donors (Lipinski definition) is 2. The summed E-state index contributed by atoms with van der Waals surface area (Å²) in [4.78, 5) is 27.3.